The maximum atomic E-state index is 10.9. The van der Waals surface area contributed by atoms with E-state index in [9.17, 15) is 8.42 Å². The smallest absolute Gasteiger partial charge is 0.148 e. The van der Waals surface area contributed by atoms with Gasteiger partial charge in [0.2, 0.25) is 0 Å². The first-order chi connectivity index (χ1) is 6.99. The minimum atomic E-state index is -2.86. The summed E-state index contributed by atoms with van der Waals surface area (Å²) >= 11 is 6.23. The van der Waals surface area contributed by atoms with Gasteiger partial charge in [-0.1, -0.05) is 19.3 Å². The van der Waals surface area contributed by atoms with Crippen LogP contribution in [0.25, 0.3) is 0 Å². The van der Waals surface area contributed by atoms with Crippen molar-refractivity contribution in [2.45, 2.75) is 43.5 Å². The summed E-state index contributed by atoms with van der Waals surface area (Å²) < 4.78 is 21.9. The molecule has 0 amide bonds. The molecule has 1 rings (SSSR count). The molecule has 90 valence electrons. The van der Waals surface area contributed by atoms with Gasteiger partial charge in [-0.15, -0.1) is 11.6 Å². The van der Waals surface area contributed by atoms with Crippen LogP contribution < -0.4 is 5.32 Å². The Hall–Kier alpha value is 0.200. The highest BCUT2D eigenvalue weighted by atomic mass is 35.5. The first-order valence-electron chi connectivity index (χ1n) is 5.54. The van der Waals surface area contributed by atoms with Crippen LogP contribution in [0.5, 0.6) is 0 Å². The topological polar surface area (TPSA) is 46.2 Å². The predicted molar refractivity (Wildman–Crippen MR) is 64.2 cm³/mol. The molecule has 1 aliphatic rings. The molecular weight excluding hydrogens is 234 g/mol. The molecule has 15 heavy (non-hydrogen) atoms. The van der Waals surface area contributed by atoms with Crippen molar-refractivity contribution < 1.29 is 8.42 Å². The second kappa shape index (κ2) is 6.06. The summed E-state index contributed by atoms with van der Waals surface area (Å²) in [4.78, 5) is 0. The molecule has 5 heteroatoms. The van der Waals surface area contributed by atoms with E-state index in [4.69, 9.17) is 11.6 Å². The van der Waals surface area contributed by atoms with E-state index in [2.05, 4.69) is 5.32 Å². The Balaban J connectivity index is 2.29. The summed E-state index contributed by atoms with van der Waals surface area (Å²) in [5.41, 5.74) is 0. The molecule has 1 saturated carbocycles. The number of hydrogen-bond donors (Lipinski definition) is 1. The van der Waals surface area contributed by atoms with E-state index in [0.717, 1.165) is 12.8 Å². The third-order valence-electron chi connectivity index (χ3n) is 2.81. The molecule has 2 atom stereocenters. The largest absolute Gasteiger partial charge is 0.312 e. The second-order valence-electron chi connectivity index (χ2n) is 4.34. The zero-order valence-electron chi connectivity index (χ0n) is 9.21. The molecule has 1 N–H and O–H groups in total. The SMILES string of the molecule is CS(=O)(=O)CCNC1CCCCCC1Cl. The Morgan fingerprint density at radius 1 is 1.27 bits per heavy atom. The molecule has 0 aromatic heterocycles. The zero-order chi connectivity index (χ0) is 11.3. The Labute approximate surface area is 97.5 Å². The Kier molecular flexibility index (Phi) is 5.36. The van der Waals surface area contributed by atoms with E-state index in [1.807, 2.05) is 0 Å². The van der Waals surface area contributed by atoms with E-state index in [1.165, 1.54) is 25.5 Å². The van der Waals surface area contributed by atoms with Crippen molar-refractivity contribution in [3.8, 4) is 0 Å². The lowest BCUT2D eigenvalue weighted by Crippen LogP contribution is -2.38. The van der Waals surface area contributed by atoms with Crippen LogP contribution in [-0.2, 0) is 9.84 Å². The summed E-state index contributed by atoms with van der Waals surface area (Å²) in [5, 5.41) is 3.42. The Bertz CT molecular complexity index is 279. The molecule has 0 aromatic carbocycles. The fourth-order valence-electron chi connectivity index (χ4n) is 1.92. The summed E-state index contributed by atoms with van der Waals surface area (Å²) in [7, 11) is -2.86. The number of sulfone groups is 1. The van der Waals surface area contributed by atoms with Crippen LogP contribution in [0.4, 0.5) is 0 Å². The predicted octanol–water partition coefficient (Wildman–Crippen LogP) is 1.56. The van der Waals surface area contributed by atoms with Gasteiger partial charge < -0.3 is 5.32 Å². The summed E-state index contributed by atoms with van der Waals surface area (Å²) in [6, 6.07) is 0.288. The summed E-state index contributed by atoms with van der Waals surface area (Å²) in [6.45, 7) is 0.521. The van der Waals surface area contributed by atoms with Gasteiger partial charge in [-0.05, 0) is 12.8 Å². The Morgan fingerprint density at radius 3 is 2.60 bits per heavy atom. The highest BCUT2D eigenvalue weighted by Crippen LogP contribution is 2.22. The molecule has 0 saturated heterocycles. The minimum absolute atomic E-state index is 0.159. The first-order valence-corrected chi connectivity index (χ1v) is 8.04. The fourth-order valence-corrected chi connectivity index (χ4v) is 2.78. The number of hydrogen-bond acceptors (Lipinski definition) is 3. The third kappa shape index (κ3) is 5.73. The molecule has 1 aliphatic carbocycles. The van der Waals surface area contributed by atoms with Crippen LogP contribution in [-0.4, -0.2) is 38.4 Å². The van der Waals surface area contributed by atoms with E-state index < -0.39 is 9.84 Å². The van der Waals surface area contributed by atoms with Gasteiger partial charge in [0.15, 0.2) is 0 Å². The van der Waals surface area contributed by atoms with Crippen LogP contribution in [0.3, 0.4) is 0 Å². The molecule has 0 bridgehead atoms. The summed E-state index contributed by atoms with van der Waals surface area (Å²) in [5.74, 6) is 0.201. The van der Waals surface area contributed by atoms with E-state index in [0.29, 0.717) is 6.54 Å². The number of rotatable bonds is 4. The van der Waals surface area contributed by atoms with E-state index in [1.54, 1.807) is 0 Å². The van der Waals surface area contributed by atoms with Gasteiger partial charge in [0.25, 0.3) is 0 Å². The molecule has 1 fully saturated rings. The molecule has 3 nitrogen and oxygen atoms in total. The third-order valence-corrected chi connectivity index (χ3v) is 4.28. The zero-order valence-corrected chi connectivity index (χ0v) is 10.8. The van der Waals surface area contributed by atoms with Crippen molar-refractivity contribution >= 4 is 21.4 Å². The van der Waals surface area contributed by atoms with Crippen molar-refractivity contribution in [2.24, 2.45) is 0 Å². The lowest BCUT2D eigenvalue weighted by Gasteiger charge is -2.20. The average Bonchev–Trinajstić information content (AvgIpc) is 2.30. The van der Waals surface area contributed by atoms with E-state index in [-0.39, 0.29) is 17.2 Å². The molecule has 0 aliphatic heterocycles. The molecule has 2 unspecified atom stereocenters. The van der Waals surface area contributed by atoms with Crippen LogP contribution in [0.1, 0.15) is 32.1 Å². The fraction of sp³-hybridized carbons (Fsp3) is 1.00. The molecular formula is C10H20ClNO2S. The van der Waals surface area contributed by atoms with Crippen molar-refractivity contribution in [3.63, 3.8) is 0 Å². The monoisotopic (exact) mass is 253 g/mol. The number of halogens is 1. The van der Waals surface area contributed by atoms with Gasteiger partial charge in [-0.3, -0.25) is 0 Å². The highest BCUT2D eigenvalue weighted by Gasteiger charge is 2.21. The second-order valence-corrected chi connectivity index (χ2v) is 7.16. The van der Waals surface area contributed by atoms with Crippen molar-refractivity contribution in [1.82, 2.24) is 5.32 Å². The highest BCUT2D eigenvalue weighted by molar-refractivity contribution is 7.90. The van der Waals surface area contributed by atoms with Crippen molar-refractivity contribution in [2.75, 3.05) is 18.6 Å². The Morgan fingerprint density at radius 2 is 1.93 bits per heavy atom. The van der Waals surface area contributed by atoms with Gasteiger partial charge in [-0.2, -0.15) is 0 Å². The van der Waals surface area contributed by atoms with Gasteiger partial charge >= 0.3 is 0 Å². The number of alkyl halides is 1. The van der Waals surface area contributed by atoms with Gasteiger partial charge in [-0.25, -0.2) is 8.42 Å². The molecule has 0 radical (unpaired) electrons. The average molecular weight is 254 g/mol. The van der Waals surface area contributed by atoms with Crippen molar-refractivity contribution in [1.29, 1.82) is 0 Å². The normalized spacial score (nSPS) is 28.7. The van der Waals surface area contributed by atoms with Gasteiger partial charge in [0, 0.05) is 24.2 Å². The first kappa shape index (κ1) is 13.3. The molecule has 0 heterocycles. The van der Waals surface area contributed by atoms with Crippen molar-refractivity contribution in [3.05, 3.63) is 0 Å². The quantitative estimate of drug-likeness (QED) is 0.611. The van der Waals surface area contributed by atoms with Gasteiger partial charge in [0.05, 0.1) is 5.75 Å². The van der Waals surface area contributed by atoms with Crippen LogP contribution >= 0.6 is 11.6 Å². The van der Waals surface area contributed by atoms with Gasteiger partial charge in [0.1, 0.15) is 9.84 Å². The molecule has 0 aromatic rings. The van der Waals surface area contributed by atoms with Crippen LogP contribution in [0, 0.1) is 0 Å². The van der Waals surface area contributed by atoms with Crippen LogP contribution in [0.2, 0.25) is 0 Å². The minimum Gasteiger partial charge on any atom is -0.312 e. The molecule has 0 spiro atoms. The lowest BCUT2D eigenvalue weighted by atomic mass is 10.1. The van der Waals surface area contributed by atoms with Crippen LogP contribution in [0.15, 0.2) is 0 Å². The summed E-state index contributed by atoms with van der Waals surface area (Å²) in [6.07, 6.45) is 7.00. The standard InChI is InChI=1S/C10H20ClNO2S/c1-15(13,14)8-7-12-10-6-4-2-3-5-9(10)11/h9-10,12H,2-8H2,1H3. The lowest BCUT2D eigenvalue weighted by molar-refractivity contribution is 0.477. The maximum absolute atomic E-state index is 10.9. The van der Waals surface area contributed by atoms with E-state index >= 15 is 0 Å². The maximum Gasteiger partial charge on any atom is 0.148 e. The number of nitrogens with one attached hydrogen (secondary N) is 1.